The van der Waals surface area contributed by atoms with Gasteiger partial charge in [0, 0.05) is 25.6 Å². The first-order chi connectivity index (χ1) is 15.0. The van der Waals surface area contributed by atoms with Crippen molar-refractivity contribution in [1.29, 1.82) is 0 Å². The molecule has 2 aromatic rings. The molecule has 0 spiro atoms. The fourth-order valence-electron chi connectivity index (χ4n) is 3.78. The molecule has 1 unspecified atom stereocenters. The van der Waals surface area contributed by atoms with Gasteiger partial charge in [0.2, 0.25) is 5.91 Å². The van der Waals surface area contributed by atoms with Gasteiger partial charge >= 0.3 is 6.03 Å². The van der Waals surface area contributed by atoms with Gasteiger partial charge in [-0.2, -0.15) is 0 Å². The highest BCUT2D eigenvalue weighted by atomic mass is 16.5. The number of nitrogens with zero attached hydrogens (tertiary/aromatic N) is 1. The molecule has 1 fully saturated rings. The maximum absolute atomic E-state index is 12.8. The Labute approximate surface area is 182 Å². The van der Waals surface area contributed by atoms with Crippen LogP contribution in [-0.2, 0) is 11.3 Å². The summed E-state index contributed by atoms with van der Waals surface area (Å²) in [6.45, 7) is 3.59. The highest BCUT2D eigenvalue weighted by Crippen LogP contribution is 2.30. The number of benzene rings is 1. The second kappa shape index (κ2) is 10.7. The van der Waals surface area contributed by atoms with Gasteiger partial charge in [-0.05, 0) is 56.4 Å². The predicted octanol–water partition coefficient (Wildman–Crippen LogP) is 3.95. The summed E-state index contributed by atoms with van der Waals surface area (Å²) in [6.07, 6.45) is 3.11. The van der Waals surface area contributed by atoms with E-state index in [1.165, 1.54) is 0 Å². The number of hydrogen-bond acceptors (Lipinski definition) is 5. The Balaban J connectivity index is 1.47. The van der Waals surface area contributed by atoms with E-state index in [9.17, 15) is 9.59 Å². The van der Waals surface area contributed by atoms with Crippen LogP contribution in [0.4, 0.5) is 10.5 Å². The summed E-state index contributed by atoms with van der Waals surface area (Å²) in [7, 11) is 3.14. The lowest BCUT2D eigenvalue weighted by molar-refractivity contribution is -0.121. The lowest BCUT2D eigenvalue weighted by atomic mass is 9.93. The van der Waals surface area contributed by atoms with Crippen LogP contribution in [-0.4, -0.2) is 44.1 Å². The Hall–Kier alpha value is -3.16. The lowest BCUT2D eigenvalue weighted by Crippen LogP contribution is -2.42. The van der Waals surface area contributed by atoms with Gasteiger partial charge in [-0.25, -0.2) is 4.79 Å². The van der Waals surface area contributed by atoms with E-state index in [-0.39, 0.29) is 11.9 Å². The van der Waals surface area contributed by atoms with E-state index in [1.807, 2.05) is 19.1 Å². The van der Waals surface area contributed by atoms with Crippen molar-refractivity contribution in [3.05, 3.63) is 41.9 Å². The van der Waals surface area contributed by atoms with Crippen LogP contribution >= 0.6 is 0 Å². The lowest BCUT2D eigenvalue weighted by Gasteiger charge is -2.33. The van der Waals surface area contributed by atoms with Crippen molar-refractivity contribution in [3.8, 4) is 11.5 Å². The standard InChI is InChI=1S/C23H31N3O5/c1-16-6-8-19(31-16)14-24-22(27)11-7-17-5-4-12-26(15-17)23(28)25-20-13-18(29-2)9-10-21(20)30-3/h6,8-10,13,17H,4-5,7,11-12,14-15H2,1-3H3,(H,24,27)(H,25,28). The molecule has 168 valence electrons. The van der Waals surface area contributed by atoms with Crippen molar-refractivity contribution in [2.24, 2.45) is 5.92 Å². The number of piperidine rings is 1. The highest BCUT2D eigenvalue weighted by molar-refractivity contribution is 5.91. The predicted molar refractivity (Wildman–Crippen MR) is 117 cm³/mol. The Bertz CT molecular complexity index is 895. The van der Waals surface area contributed by atoms with Gasteiger partial charge in [0.15, 0.2) is 0 Å². The SMILES string of the molecule is COc1ccc(OC)c(NC(=O)N2CCCC(CCC(=O)NCc3ccc(C)o3)C2)c1. The monoisotopic (exact) mass is 429 g/mol. The third-order valence-corrected chi connectivity index (χ3v) is 5.49. The molecule has 31 heavy (non-hydrogen) atoms. The van der Waals surface area contributed by atoms with E-state index in [0.29, 0.717) is 49.2 Å². The molecule has 0 aliphatic carbocycles. The largest absolute Gasteiger partial charge is 0.497 e. The fourth-order valence-corrected chi connectivity index (χ4v) is 3.78. The van der Waals surface area contributed by atoms with E-state index in [0.717, 1.165) is 30.8 Å². The molecular formula is C23H31N3O5. The topological polar surface area (TPSA) is 93.0 Å². The van der Waals surface area contributed by atoms with Gasteiger partial charge in [-0.3, -0.25) is 4.79 Å². The van der Waals surface area contributed by atoms with Crippen molar-refractivity contribution >= 4 is 17.6 Å². The van der Waals surface area contributed by atoms with Crippen LogP contribution in [0, 0.1) is 12.8 Å². The zero-order chi connectivity index (χ0) is 22.2. The number of methoxy groups -OCH3 is 2. The first-order valence-corrected chi connectivity index (χ1v) is 10.6. The van der Waals surface area contributed by atoms with Gasteiger partial charge in [0.25, 0.3) is 0 Å². The van der Waals surface area contributed by atoms with Crippen LogP contribution in [0.1, 0.15) is 37.2 Å². The maximum atomic E-state index is 12.8. The van der Waals surface area contributed by atoms with Crippen LogP contribution < -0.4 is 20.1 Å². The molecular weight excluding hydrogens is 398 g/mol. The molecule has 1 aromatic heterocycles. The van der Waals surface area contributed by atoms with Crippen LogP contribution in [0.2, 0.25) is 0 Å². The molecule has 1 aliphatic rings. The molecule has 8 heteroatoms. The van der Waals surface area contributed by atoms with Gasteiger partial charge in [-0.15, -0.1) is 0 Å². The molecule has 2 N–H and O–H groups in total. The number of rotatable bonds is 8. The van der Waals surface area contributed by atoms with Crippen LogP contribution in [0.15, 0.2) is 34.7 Å². The number of urea groups is 1. The zero-order valence-electron chi connectivity index (χ0n) is 18.4. The summed E-state index contributed by atoms with van der Waals surface area (Å²) in [6, 6.07) is 8.85. The normalized spacial score (nSPS) is 16.0. The Kier molecular flexibility index (Phi) is 7.81. The minimum atomic E-state index is -0.172. The van der Waals surface area contributed by atoms with Gasteiger partial charge < -0.3 is 29.4 Å². The number of likely N-dealkylation sites (tertiary alicyclic amines) is 1. The number of furan rings is 1. The quantitative estimate of drug-likeness (QED) is 0.663. The van der Waals surface area contributed by atoms with Crippen molar-refractivity contribution in [1.82, 2.24) is 10.2 Å². The third kappa shape index (κ3) is 6.41. The Morgan fingerprint density at radius 2 is 2.03 bits per heavy atom. The highest BCUT2D eigenvalue weighted by Gasteiger charge is 2.25. The molecule has 8 nitrogen and oxygen atoms in total. The molecule has 1 aliphatic heterocycles. The number of anilines is 1. The molecule has 0 saturated carbocycles. The molecule has 2 heterocycles. The number of carbonyl (C=O) groups is 2. The Morgan fingerprint density at radius 3 is 2.74 bits per heavy atom. The fraction of sp³-hybridized carbons (Fsp3) is 0.478. The molecule has 3 amide bonds. The summed E-state index contributed by atoms with van der Waals surface area (Å²) < 4.78 is 16.0. The second-order valence-electron chi connectivity index (χ2n) is 7.78. The number of carbonyl (C=O) groups excluding carboxylic acids is 2. The molecule has 1 aromatic carbocycles. The molecule has 0 bridgehead atoms. The summed E-state index contributed by atoms with van der Waals surface area (Å²) in [5, 5.41) is 5.81. The summed E-state index contributed by atoms with van der Waals surface area (Å²) >= 11 is 0. The van der Waals surface area contributed by atoms with E-state index in [2.05, 4.69) is 10.6 Å². The first kappa shape index (κ1) is 22.5. The molecule has 0 radical (unpaired) electrons. The summed E-state index contributed by atoms with van der Waals surface area (Å²) in [5.41, 5.74) is 0.571. The van der Waals surface area contributed by atoms with Gasteiger partial charge in [0.1, 0.15) is 23.0 Å². The average Bonchev–Trinajstić information content (AvgIpc) is 3.21. The summed E-state index contributed by atoms with van der Waals surface area (Å²) in [5.74, 6) is 3.09. The summed E-state index contributed by atoms with van der Waals surface area (Å²) in [4.78, 5) is 26.8. The van der Waals surface area contributed by atoms with E-state index < -0.39 is 0 Å². The van der Waals surface area contributed by atoms with Crippen LogP contribution in [0.5, 0.6) is 11.5 Å². The van der Waals surface area contributed by atoms with Crippen molar-refractivity contribution in [3.63, 3.8) is 0 Å². The number of amides is 3. The van der Waals surface area contributed by atoms with Gasteiger partial charge in [-0.1, -0.05) is 0 Å². The van der Waals surface area contributed by atoms with E-state index >= 15 is 0 Å². The maximum Gasteiger partial charge on any atom is 0.321 e. The van der Waals surface area contributed by atoms with Crippen LogP contribution in [0.25, 0.3) is 0 Å². The van der Waals surface area contributed by atoms with Crippen molar-refractivity contribution in [2.45, 2.75) is 39.2 Å². The zero-order valence-corrected chi connectivity index (χ0v) is 18.4. The molecule has 3 rings (SSSR count). The Morgan fingerprint density at radius 1 is 1.19 bits per heavy atom. The van der Waals surface area contributed by atoms with Crippen LogP contribution in [0.3, 0.4) is 0 Å². The molecule has 1 atom stereocenters. The number of ether oxygens (including phenoxy) is 2. The minimum absolute atomic E-state index is 0.00301. The smallest absolute Gasteiger partial charge is 0.321 e. The average molecular weight is 430 g/mol. The minimum Gasteiger partial charge on any atom is -0.497 e. The first-order valence-electron chi connectivity index (χ1n) is 10.6. The molecule has 1 saturated heterocycles. The number of aryl methyl sites for hydroxylation is 1. The van der Waals surface area contributed by atoms with E-state index in [4.69, 9.17) is 13.9 Å². The number of hydrogen-bond donors (Lipinski definition) is 2. The second-order valence-corrected chi connectivity index (χ2v) is 7.78. The number of nitrogens with one attached hydrogen (secondary N) is 2. The van der Waals surface area contributed by atoms with Crippen molar-refractivity contribution in [2.75, 3.05) is 32.6 Å². The van der Waals surface area contributed by atoms with Gasteiger partial charge in [0.05, 0.1) is 26.5 Å². The van der Waals surface area contributed by atoms with Crippen molar-refractivity contribution < 1.29 is 23.5 Å². The van der Waals surface area contributed by atoms with E-state index in [1.54, 1.807) is 37.3 Å². The third-order valence-electron chi connectivity index (χ3n) is 5.49.